The van der Waals surface area contributed by atoms with Crippen molar-refractivity contribution in [2.75, 3.05) is 13.7 Å². The molecule has 3 nitrogen and oxygen atoms in total. The lowest BCUT2D eigenvalue weighted by molar-refractivity contribution is 0.183. The second kappa shape index (κ2) is 7.43. The number of nitrogens with one attached hydrogen (secondary N) is 1. The van der Waals surface area contributed by atoms with E-state index in [1.165, 1.54) is 5.56 Å². The van der Waals surface area contributed by atoms with Crippen LogP contribution in [0.1, 0.15) is 50.0 Å². The molecule has 0 radical (unpaired) electrons. The van der Waals surface area contributed by atoms with Crippen LogP contribution in [-0.4, -0.2) is 13.7 Å². The fourth-order valence-corrected chi connectivity index (χ4v) is 3.02. The van der Waals surface area contributed by atoms with Gasteiger partial charge < -0.3 is 14.5 Å². The SMILES string of the molecule is CCCNCc1oc2c(C(C)C)cc(Br)cc2c1COC. The van der Waals surface area contributed by atoms with Crippen LogP contribution >= 0.6 is 15.9 Å². The van der Waals surface area contributed by atoms with Gasteiger partial charge in [0.1, 0.15) is 11.3 Å². The first-order valence-electron chi connectivity index (χ1n) is 7.51. The second-order valence-corrected chi connectivity index (χ2v) is 6.56. The molecular weight excluding hydrogens is 330 g/mol. The van der Waals surface area contributed by atoms with E-state index in [0.29, 0.717) is 12.5 Å². The minimum absolute atomic E-state index is 0.419. The molecule has 0 aliphatic carbocycles. The summed E-state index contributed by atoms with van der Waals surface area (Å²) in [4.78, 5) is 0. The minimum atomic E-state index is 0.419. The molecule has 0 fully saturated rings. The van der Waals surface area contributed by atoms with Crippen LogP contribution in [0, 0.1) is 0 Å². The summed E-state index contributed by atoms with van der Waals surface area (Å²) < 4.78 is 12.6. The molecule has 1 aromatic heterocycles. The maximum atomic E-state index is 6.18. The van der Waals surface area contributed by atoms with Crippen molar-refractivity contribution in [3.63, 3.8) is 0 Å². The number of methoxy groups -OCH3 is 1. The van der Waals surface area contributed by atoms with Crippen LogP contribution in [-0.2, 0) is 17.9 Å². The second-order valence-electron chi connectivity index (χ2n) is 5.64. The smallest absolute Gasteiger partial charge is 0.138 e. The van der Waals surface area contributed by atoms with E-state index in [4.69, 9.17) is 9.15 Å². The van der Waals surface area contributed by atoms with Crippen molar-refractivity contribution < 1.29 is 9.15 Å². The van der Waals surface area contributed by atoms with Crippen LogP contribution in [0.2, 0.25) is 0 Å². The van der Waals surface area contributed by atoms with Gasteiger partial charge in [0.05, 0.1) is 13.2 Å². The topological polar surface area (TPSA) is 34.4 Å². The van der Waals surface area contributed by atoms with Crippen LogP contribution in [0.4, 0.5) is 0 Å². The van der Waals surface area contributed by atoms with Gasteiger partial charge in [-0.2, -0.15) is 0 Å². The molecule has 1 aromatic carbocycles. The first kappa shape index (κ1) is 16.5. The standard InChI is InChI=1S/C17H24BrNO2/c1-5-6-19-9-16-15(10-20-4)14-8-12(18)7-13(11(2)3)17(14)21-16/h7-8,11,19H,5-6,9-10H2,1-4H3. The fraction of sp³-hybridized carbons (Fsp3) is 0.529. The summed E-state index contributed by atoms with van der Waals surface area (Å²) in [6, 6.07) is 4.28. The molecule has 1 N–H and O–H groups in total. The van der Waals surface area contributed by atoms with E-state index in [0.717, 1.165) is 46.3 Å². The number of halogens is 1. The molecular formula is C17H24BrNO2. The Morgan fingerprint density at radius 1 is 1.33 bits per heavy atom. The quantitative estimate of drug-likeness (QED) is 0.714. The largest absolute Gasteiger partial charge is 0.459 e. The molecule has 116 valence electrons. The van der Waals surface area contributed by atoms with Crippen molar-refractivity contribution in [1.29, 1.82) is 0 Å². The Balaban J connectivity index is 2.52. The van der Waals surface area contributed by atoms with E-state index in [1.807, 2.05) is 0 Å². The lowest BCUT2D eigenvalue weighted by Crippen LogP contribution is -2.14. The first-order chi connectivity index (χ1) is 10.1. The molecule has 0 aliphatic heterocycles. The van der Waals surface area contributed by atoms with Gasteiger partial charge in [0.15, 0.2) is 0 Å². The van der Waals surface area contributed by atoms with Gasteiger partial charge in [0.2, 0.25) is 0 Å². The first-order valence-corrected chi connectivity index (χ1v) is 8.31. The van der Waals surface area contributed by atoms with Crippen molar-refractivity contribution in [2.45, 2.75) is 46.3 Å². The van der Waals surface area contributed by atoms with Crippen molar-refractivity contribution in [3.05, 3.63) is 33.5 Å². The van der Waals surface area contributed by atoms with Gasteiger partial charge in [-0.3, -0.25) is 0 Å². The summed E-state index contributed by atoms with van der Waals surface area (Å²) in [6.45, 7) is 8.85. The van der Waals surface area contributed by atoms with Crippen molar-refractivity contribution in [3.8, 4) is 0 Å². The highest BCUT2D eigenvalue weighted by Crippen LogP contribution is 2.35. The van der Waals surface area contributed by atoms with Crippen LogP contribution < -0.4 is 5.32 Å². The molecule has 1 heterocycles. The predicted molar refractivity (Wildman–Crippen MR) is 90.7 cm³/mol. The summed E-state index contributed by atoms with van der Waals surface area (Å²) in [5.74, 6) is 1.41. The maximum Gasteiger partial charge on any atom is 0.138 e. The number of hydrogen-bond acceptors (Lipinski definition) is 3. The van der Waals surface area contributed by atoms with Gasteiger partial charge in [0.25, 0.3) is 0 Å². The van der Waals surface area contributed by atoms with Gasteiger partial charge >= 0.3 is 0 Å². The Kier molecular flexibility index (Phi) is 5.85. The van der Waals surface area contributed by atoms with E-state index in [9.17, 15) is 0 Å². The van der Waals surface area contributed by atoms with E-state index in [2.05, 4.69) is 54.2 Å². The lowest BCUT2D eigenvalue weighted by Gasteiger charge is -2.07. The third-order valence-corrected chi connectivity index (χ3v) is 4.05. The highest BCUT2D eigenvalue weighted by Gasteiger charge is 2.18. The zero-order valence-corrected chi connectivity index (χ0v) is 14.8. The Hall–Kier alpha value is -0.840. The summed E-state index contributed by atoms with van der Waals surface area (Å²) in [5, 5.41) is 4.57. The molecule has 2 aromatic rings. The molecule has 2 rings (SSSR count). The maximum absolute atomic E-state index is 6.18. The average Bonchev–Trinajstić information content (AvgIpc) is 2.77. The number of hydrogen-bond donors (Lipinski definition) is 1. The molecule has 0 bridgehead atoms. The predicted octanol–water partition coefficient (Wildman–Crippen LogP) is 4.96. The number of rotatable bonds is 7. The third-order valence-electron chi connectivity index (χ3n) is 3.59. The van der Waals surface area contributed by atoms with E-state index >= 15 is 0 Å². The van der Waals surface area contributed by atoms with Crippen LogP contribution in [0.5, 0.6) is 0 Å². The number of furan rings is 1. The molecule has 0 unspecified atom stereocenters. The molecule has 0 saturated carbocycles. The summed E-state index contributed by atoms with van der Waals surface area (Å²) in [5.41, 5.74) is 3.38. The zero-order chi connectivity index (χ0) is 15.4. The monoisotopic (exact) mass is 353 g/mol. The Bertz CT molecular complexity index is 604. The van der Waals surface area contributed by atoms with Gasteiger partial charge in [0, 0.05) is 22.5 Å². The fourth-order valence-electron chi connectivity index (χ4n) is 2.54. The molecule has 0 aliphatic rings. The van der Waals surface area contributed by atoms with E-state index in [1.54, 1.807) is 7.11 Å². The summed E-state index contributed by atoms with van der Waals surface area (Å²) in [7, 11) is 1.73. The van der Waals surface area contributed by atoms with Gasteiger partial charge in [-0.05, 0) is 36.6 Å². The lowest BCUT2D eigenvalue weighted by atomic mass is 10.00. The van der Waals surface area contributed by atoms with Crippen molar-refractivity contribution in [1.82, 2.24) is 5.32 Å². The highest BCUT2D eigenvalue weighted by atomic mass is 79.9. The highest BCUT2D eigenvalue weighted by molar-refractivity contribution is 9.10. The van der Waals surface area contributed by atoms with Crippen LogP contribution in [0.15, 0.2) is 21.0 Å². The Labute approximate surface area is 135 Å². The van der Waals surface area contributed by atoms with Crippen molar-refractivity contribution in [2.24, 2.45) is 0 Å². The number of fused-ring (bicyclic) bond motifs is 1. The molecule has 0 spiro atoms. The molecule has 4 heteroatoms. The average molecular weight is 354 g/mol. The van der Waals surface area contributed by atoms with E-state index < -0.39 is 0 Å². The van der Waals surface area contributed by atoms with Crippen LogP contribution in [0.3, 0.4) is 0 Å². The zero-order valence-electron chi connectivity index (χ0n) is 13.3. The molecule has 0 atom stereocenters. The summed E-state index contributed by atoms with van der Waals surface area (Å²) >= 11 is 3.61. The van der Waals surface area contributed by atoms with E-state index in [-0.39, 0.29) is 0 Å². The third kappa shape index (κ3) is 3.68. The molecule has 21 heavy (non-hydrogen) atoms. The van der Waals surface area contributed by atoms with Crippen LogP contribution in [0.25, 0.3) is 11.0 Å². The minimum Gasteiger partial charge on any atom is -0.459 e. The molecule has 0 saturated heterocycles. The Morgan fingerprint density at radius 3 is 2.71 bits per heavy atom. The van der Waals surface area contributed by atoms with Gasteiger partial charge in [-0.25, -0.2) is 0 Å². The van der Waals surface area contributed by atoms with Gasteiger partial charge in [-0.15, -0.1) is 0 Å². The number of ether oxygens (including phenoxy) is 1. The normalized spacial score (nSPS) is 11.7. The van der Waals surface area contributed by atoms with Gasteiger partial charge in [-0.1, -0.05) is 36.7 Å². The summed E-state index contributed by atoms with van der Waals surface area (Å²) in [6.07, 6.45) is 1.11. The molecule has 0 amide bonds. The Morgan fingerprint density at radius 2 is 2.10 bits per heavy atom. The van der Waals surface area contributed by atoms with Crippen molar-refractivity contribution >= 4 is 26.9 Å². The number of benzene rings is 1.